The monoisotopic (exact) mass is 234 g/mol. The molecule has 1 aromatic carbocycles. The van der Waals surface area contributed by atoms with Gasteiger partial charge in [0, 0.05) is 6.61 Å². The molecule has 17 heavy (non-hydrogen) atoms. The third-order valence-electron chi connectivity index (χ3n) is 3.39. The second-order valence-corrected chi connectivity index (χ2v) is 4.87. The molecule has 0 aromatic heterocycles. The van der Waals surface area contributed by atoms with Crippen LogP contribution in [0.25, 0.3) is 0 Å². The molecule has 0 heterocycles. The Kier molecular flexibility index (Phi) is 4.57. The molecular weight excluding hydrogens is 212 g/mol. The minimum absolute atomic E-state index is 0.167. The molecule has 1 fully saturated rings. The van der Waals surface area contributed by atoms with E-state index in [1.54, 1.807) is 0 Å². The highest BCUT2D eigenvalue weighted by atomic mass is 16.5. The minimum atomic E-state index is -0.377. The van der Waals surface area contributed by atoms with E-state index in [0.29, 0.717) is 6.61 Å². The van der Waals surface area contributed by atoms with Crippen molar-refractivity contribution in [3.63, 3.8) is 0 Å². The highest BCUT2D eigenvalue weighted by Gasteiger charge is 2.26. The van der Waals surface area contributed by atoms with Crippen molar-refractivity contribution in [2.24, 2.45) is 5.92 Å². The van der Waals surface area contributed by atoms with Crippen LogP contribution in [-0.4, -0.2) is 17.8 Å². The van der Waals surface area contributed by atoms with Gasteiger partial charge in [-0.1, -0.05) is 43.2 Å². The summed E-state index contributed by atoms with van der Waals surface area (Å²) < 4.78 is 5.69. The molecule has 0 amide bonds. The van der Waals surface area contributed by atoms with Gasteiger partial charge in [-0.3, -0.25) is 0 Å². The van der Waals surface area contributed by atoms with E-state index in [0.717, 1.165) is 24.3 Å². The second kappa shape index (κ2) is 6.18. The topological polar surface area (TPSA) is 29.5 Å². The molecule has 0 radical (unpaired) electrons. The van der Waals surface area contributed by atoms with E-state index in [-0.39, 0.29) is 12.2 Å². The molecule has 1 aliphatic carbocycles. The Bertz CT molecular complexity index is 319. The van der Waals surface area contributed by atoms with Crippen molar-refractivity contribution >= 4 is 0 Å². The molecule has 0 aliphatic heterocycles. The van der Waals surface area contributed by atoms with Crippen molar-refractivity contribution in [3.05, 3.63) is 35.9 Å². The van der Waals surface area contributed by atoms with Gasteiger partial charge in [0.1, 0.15) is 6.10 Å². The quantitative estimate of drug-likeness (QED) is 0.784. The Morgan fingerprint density at radius 2 is 2.00 bits per heavy atom. The summed E-state index contributed by atoms with van der Waals surface area (Å²) >= 11 is 0. The molecule has 1 aromatic rings. The van der Waals surface area contributed by atoms with Gasteiger partial charge in [-0.15, -0.1) is 0 Å². The maximum Gasteiger partial charge on any atom is 0.108 e. The van der Waals surface area contributed by atoms with Gasteiger partial charge in [-0.25, -0.2) is 0 Å². The highest BCUT2D eigenvalue weighted by Crippen LogP contribution is 2.35. The SMILES string of the molecule is CCOC(c1ccccc1)C(O)CCC1CC1. The van der Waals surface area contributed by atoms with Crippen LogP contribution in [0.5, 0.6) is 0 Å². The number of aliphatic hydroxyl groups excluding tert-OH is 1. The van der Waals surface area contributed by atoms with Crippen LogP contribution in [0, 0.1) is 5.92 Å². The van der Waals surface area contributed by atoms with Crippen LogP contribution in [0.4, 0.5) is 0 Å². The lowest BCUT2D eigenvalue weighted by Crippen LogP contribution is -2.21. The molecule has 1 aliphatic rings. The van der Waals surface area contributed by atoms with Gasteiger partial charge in [0.25, 0.3) is 0 Å². The molecule has 2 nitrogen and oxygen atoms in total. The molecule has 0 bridgehead atoms. The molecule has 1 N–H and O–H groups in total. The summed E-state index contributed by atoms with van der Waals surface area (Å²) in [5, 5.41) is 10.2. The predicted molar refractivity (Wildman–Crippen MR) is 68.8 cm³/mol. The standard InChI is InChI=1S/C15H22O2/c1-2-17-15(13-6-4-3-5-7-13)14(16)11-10-12-8-9-12/h3-7,12,14-16H,2,8-11H2,1H3. The largest absolute Gasteiger partial charge is 0.390 e. The zero-order valence-electron chi connectivity index (χ0n) is 10.5. The van der Waals surface area contributed by atoms with Crippen LogP contribution < -0.4 is 0 Å². The van der Waals surface area contributed by atoms with E-state index in [2.05, 4.69) is 0 Å². The summed E-state index contributed by atoms with van der Waals surface area (Å²) in [4.78, 5) is 0. The van der Waals surface area contributed by atoms with E-state index in [1.807, 2.05) is 37.3 Å². The normalized spacial score (nSPS) is 18.9. The number of benzene rings is 1. The average molecular weight is 234 g/mol. The van der Waals surface area contributed by atoms with Crippen LogP contribution >= 0.6 is 0 Å². The Morgan fingerprint density at radius 3 is 2.59 bits per heavy atom. The molecule has 2 atom stereocenters. The van der Waals surface area contributed by atoms with Crippen molar-refractivity contribution in [3.8, 4) is 0 Å². The minimum Gasteiger partial charge on any atom is -0.390 e. The number of hydrogen-bond donors (Lipinski definition) is 1. The summed E-state index contributed by atoms with van der Waals surface area (Å²) in [6.07, 6.45) is 4.13. The molecule has 2 heteroatoms. The fourth-order valence-electron chi connectivity index (χ4n) is 2.22. The van der Waals surface area contributed by atoms with Gasteiger partial charge < -0.3 is 9.84 Å². The van der Waals surface area contributed by atoms with Crippen molar-refractivity contribution in [2.45, 2.75) is 44.8 Å². The Morgan fingerprint density at radius 1 is 1.29 bits per heavy atom. The van der Waals surface area contributed by atoms with Crippen molar-refractivity contribution in [1.82, 2.24) is 0 Å². The summed E-state index contributed by atoms with van der Waals surface area (Å²) in [6.45, 7) is 2.61. The molecule has 2 rings (SSSR count). The average Bonchev–Trinajstić information content (AvgIpc) is 3.18. The molecule has 1 saturated carbocycles. The summed E-state index contributed by atoms with van der Waals surface area (Å²) in [6, 6.07) is 10.0. The van der Waals surface area contributed by atoms with Gasteiger partial charge in [0.15, 0.2) is 0 Å². The fraction of sp³-hybridized carbons (Fsp3) is 0.600. The van der Waals surface area contributed by atoms with Crippen LogP contribution in [0.1, 0.15) is 44.3 Å². The van der Waals surface area contributed by atoms with E-state index < -0.39 is 0 Å². The van der Waals surface area contributed by atoms with Gasteiger partial charge in [-0.05, 0) is 31.2 Å². The van der Waals surface area contributed by atoms with E-state index in [1.165, 1.54) is 12.8 Å². The first-order valence-electron chi connectivity index (χ1n) is 6.66. The number of aliphatic hydroxyl groups is 1. The number of hydrogen-bond acceptors (Lipinski definition) is 2. The van der Waals surface area contributed by atoms with E-state index in [9.17, 15) is 5.11 Å². The Balaban J connectivity index is 1.94. The maximum absolute atomic E-state index is 10.2. The summed E-state index contributed by atoms with van der Waals surface area (Å²) in [5.41, 5.74) is 1.08. The van der Waals surface area contributed by atoms with E-state index >= 15 is 0 Å². The molecule has 94 valence electrons. The van der Waals surface area contributed by atoms with Crippen molar-refractivity contribution in [2.75, 3.05) is 6.61 Å². The third kappa shape index (κ3) is 3.83. The Hall–Kier alpha value is -0.860. The first-order chi connectivity index (χ1) is 8.31. The maximum atomic E-state index is 10.2. The summed E-state index contributed by atoms with van der Waals surface area (Å²) in [5.74, 6) is 0.864. The zero-order valence-corrected chi connectivity index (χ0v) is 10.5. The van der Waals surface area contributed by atoms with Crippen LogP contribution in [-0.2, 0) is 4.74 Å². The highest BCUT2D eigenvalue weighted by molar-refractivity contribution is 5.18. The lowest BCUT2D eigenvalue weighted by molar-refractivity contribution is -0.0389. The first kappa shape index (κ1) is 12.6. The van der Waals surface area contributed by atoms with Crippen LogP contribution in [0.3, 0.4) is 0 Å². The smallest absolute Gasteiger partial charge is 0.108 e. The lowest BCUT2D eigenvalue weighted by atomic mass is 9.99. The lowest BCUT2D eigenvalue weighted by Gasteiger charge is -2.23. The second-order valence-electron chi connectivity index (χ2n) is 4.87. The Labute approximate surface area is 104 Å². The molecule has 0 spiro atoms. The van der Waals surface area contributed by atoms with Gasteiger partial charge in [-0.2, -0.15) is 0 Å². The van der Waals surface area contributed by atoms with Gasteiger partial charge >= 0.3 is 0 Å². The molecule has 2 unspecified atom stereocenters. The predicted octanol–water partition coefficient (Wildman–Crippen LogP) is 3.32. The van der Waals surface area contributed by atoms with E-state index in [4.69, 9.17) is 4.74 Å². The van der Waals surface area contributed by atoms with Gasteiger partial charge in [0.05, 0.1) is 6.10 Å². The third-order valence-corrected chi connectivity index (χ3v) is 3.39. The summed E-state index contributed by atoms with van der Waals surface area (Å²) in [7, 11) is 0. The van der Waals surface area contributed by atoms with Crippen molar-refractivity contribution < 1.29 is 9.84 Å². The fourth-order valence-corrected chi connectivity index (χ4v) is 2.22. The number of ether oxygens (including phenoxy) is 1. The van der Waals surface area contributed by atoms with Gasteiger partial charge in [0.2, 0.25) is 0 Å². The van der Waals surface area contributed by atoms with Crippen LogP contribution in [0.15, 0.2) is 30.3 Å². The molecular formula is C15H22O2. The number of rotatable bonds is 7. The van der Waals surface area contributed by atoms with Crippen molar-refractivity contribution in [1.29, 1.82) is 0 Å². The molecule has 0 saturated heterocycles. The zero-order chi connectivity index (χ0) is 12.1. The van der Waals surface area contributed by atoms with Crippen LogP contribution in [0.2, 0.25) is 0 Å². The first-order valence-corrected chi connectivity index (χ1v) is 6.66.